The van der Waals surface area contributed by atoms with Crippen molar-refractivity contribution in [3.05, 3.63) is 41.7 Å². The van der Waals surface area contributed by atoms with E-state index in [2.05, 4.69) is 5.92 Å². The Hall–Kier alpha value is -1.68. The molecule has 1 nitrogen and oxygen atoms in total. The van der Waals surface area contributed by atoms with Gasteiger partial charge in [0.15, 0.2) is 0 Å². The molecule has 0 aliphatic carbocycles. The highest BCUT2D eigenvalue weighted by molar-refractivity contribution is 5.57. The van der Waals surface area contributed by atoms with Gasteiger partial charge in [-0.25, -0.2) is 0 Å². The molecule has 1 heteroatoms. The topological polar surface area (TPSA) is 9.23 Å². The smallest absolute Gasteiger partial charge is 0.0831 e. The minimum absolute atomic E-state index is 0.880. The van der Waals surface area contributed by atoms with Crippen molar-refractivity contribution < 1.29 is 4.74 Å². The van der Waals surface area contributed by atoms with E-state index >= 15 is 0 Å². The standard InChI is InChI=1S/C11H10O/c1-3-10-6-4-5-7-11(10)8-9-12-2/h1,4-9H,2H3/b9-8+. The molecule has 0 N–H and O–H groups in total. The van der Waals surface area contributed by atoms with Gasteiger partial charge in [-0.2, -0.15) is 0 Å². The molecular weight excluding hydrogens is 148 g/mol. The van der Waals surface area contributed by atoms with Gasteiger partial charge in [-0.15, -0.1) is 6.42 Å². The van der Waals surface area contributed by atoms with E-state index in [-0.39, 0.29) is 0 Å². The van der Waals surface area contributed by atoms with E-state index in [1.807, 2.05) is 30.3 Å². The molecule has 0 unspecified atom stereocenters. The Morgan fingerprint density at radius 1 is 1.42 bits per heavy atom. The maximum atomic E-state index is 5.30. The third kappa shape index (κ3) is 1.90. The number of hydrogen-bond donors (Lipinski definition) is 0. The van der Waals surface area contributed by atoms with Gasteiger partial charge in [-0.05, 0) is 17.7 Å². The van der Waals surface area contributed by atoms with Gasteiger partial charge in [0.1, 0.15) is 0 Å². The van der Waals surface area contributed by atoms with Crippen LogP contribution in [0.15, 0.2) is 30.5 Å². The van der Waals surface area contributed by atoms with Gasteiger partial charge < -0.3 is 4.74 Å². The summed E-state index contributed by atoms with van der Waals surface area (Å²) in [6.07, 6.45) is 8.75. The van der Waals surface area contributed by atoms with Crippen LogP contribution in [-0.4, -0.2) is 7.11 Å². The molecular formula is C11H10O. The highest BCUT2D eigenvalue weighted by atomic mass is 16.5. The summed E-state index contributed by atoms with van der Waals surface area (Å²) >= 11 is 0. The van der Waals surface area contributed by atoms with E-state index in [9.17, 15) is 0 Å². The summed E-state index contributed by atoms with van der Waals surface area (Å²) in [6.45, 7) is 0. The first-order valence-corrected chi connectivity index (χ1v) is 3.63. The van der Waals surface area contributed by atoms with Crippen molar-refractivity contribution in [1.29, 1.82) is 0 Å². The Labute approximate surface area is 72.7 Å². The molecule has 12 heavy (non-hydrogen) atoms. The lowest BCUT2D eigenvalue weighted by Crippen LogP contribution is -1.79. The average molecular weight is 158 g/mol. The van der Waals surface area contributed by atoms with Gasteiger partial charge in [-0.3, -0.25) is 0 Å². The normalized spacial score (nSPS) is 9.67. The van der Waals surface area contributed by atoms with Crippen molar-refractivity contribution in [2.45, 2.75) is 0 Å². The lowest BCUT2D eigenvalue weighted by atomic mass is 10.1. The molecule has 0 fully saturated rings. The third-order valence-electron chi connectivity index (χ3n) is 1.50. The van der Waals surface area contributed by atoms with Crippen LogP contribution in [0.1, 0.15) is 11.1 Å². The fourth-order valence-electron chi connectivity index (χ4n) is 0.915. The second-order valence-electron chi connectivity index (χ2n) is 2.27. The molecule has 0 amide bonds. The van der Waals surface area contributed by atoms with Crippen LogP contribution in [0, 0.1) is 12.3 Å². The number of hydrogen-bond acceptors (Lipinski definition) is 1. The van der Waals surface area contributed by atoms with Crippen LogP contribution in [0.3, 0.4) is 0 Å². The highest BCUT2D eigenvalue weighted by Crippen LogP contribution is 2.08. The molecule has 0 spiro atoms. The summed E-state index contributed by atoms with van der Waals surface area (Å²) in [5, 5.41) is 0. The fourth-order valence-corrected chi connectivity index (χ4v) is 0.915. The summed E-state index contributed by atoms with van der Waals surface area (Å²) in [5.74, 6) is 2.60. The number of benzene rings is 1. The number of rotatable bonds is 2. The second kappa shape index (κ2) is 4.25. The summed E-state index contributed by atoms with van der Waals surface area (Å²) in [6, 6.07) is 7.70. The number of terminal acetylenes is 1. The largest absolute Gasteiger partial charge is 0.504 e. The molecule has 1 aromatic carbocycles. The molecule has 0 aromatic heterocycles. The summed E-state index contributed by atoms with van der Waals surface area (Å²) < 4.78 is 4.80. The molecule has 1 rings (SSSR count). The predicted molar refractivity (Wildman–Crippen MR) is 50.4 cm³/mol. The Morgan fingerprint density at radius 3 is 2.83 bits per heavy atom. The van der Waals surface area contributed by atoms with E-state index < -0.39 is 0 Å². The summed E-state index contributed by atoms with van der Waals surface area (Å²) in [4.78, 5) is 0. The quantitative estimate of drug-likeness (QED) is 0.474. The van der Waals surface area contributed by atoms with Crippen molar-refractivity contribution in [2.75, 3.05) is 7.11 Å². The van der Waals surface area contributed by atoms with Crippen LogP contribution in [0.2, 0.25) is 0 Å². The average Bonchev–Trinajstić information content (AvgIpc) is 2.15. The van der Waals surface area contributed by atoms with Gasteiger partial charge in [-0.1, -0.05) is 24.1 Å². The minimum atomic E-state index is 0.880. The van der Waals surface area contributed by atoms with Gasteiger partial charge in [0.25, 0.3) is 0 Å². The summed E-state index contributed by atoms with van der Waals surface area (Å²) in [7, 11) is 1.61. The van der Waals surface area contributed by atoms with Crippen LogP contribution in [0.25, 0.3) is 6.08 Å². The van der Waals surface area contributed by atoms with Crippen LogP contribution in [0.4, 0.5) is 0 Å². The molecule has 0 saturated heterocycles. The van der Waals surface area contributed by atoms with E-state index in [1.165, 1.54) is 0 Å². The first kappa shape index (κ1) is 8.42. The van der Waals surface area contributed by atoms with Crippen LogP contribution in [-0.2, 0) is 4.74 Å². The predicted octanol–water partition coefficient (Wildman–Crippen LogP) is 2.29. The van der Waals surface area contributed by atoms with Gasteiger partial charge in [0.05, 0.1) is 13.4 Å². The van der Waals surface area contributed by atoms with Crippen LogP contribution in [0.5, 0.6) is 0 Å². The number of methoxy groups -OCH3 is 1. The van der Waals surface area contributed by atoms with Crippen molar-refractivity contribution >= 4 is 6.08 Å². The highest BCUT2D eigenvalue weighted by Gasteiger charge is 1.92. The fraction of sp³-hybridized carbons (Fsp3) is 0.0909. The second-order valence-corrected chi connectivity index (χ2v) is 2.27. The molecule has 60 valence electrons. The zero-order valence-electron chi connectivity index (χ0n) is 6.95. The molecule has 0 bridgehead atoms. The molecule has 0 radical (unpaired) electrons. The molecule has 0 aliphatic rings. The minimum Gasteiger partial charge on any atom is -0.504 e. The Morgan fingerprint density at radius 2 is 2.17 bits per heavy atom. The van der Waals surface area contributed by atoms with E-state index in [1.54, 1.807) is 13.4 Å². The van der Waals surface area contributed by atoms with E-state index in [0.717, 1.165) is 11.1 Å². The van der Waals surface area contributed by atoms with Gasteiger partial charge in [0.2, 0.25) is 0 Å². The summed E-state index contributed by atoms with van der Waals surface area (Å²) in [5.41, 5.74) is 1.88. The van der Waals surface area contributed by atoms with E-state index in [0.29, 0.717) is 0 Å². The number of ether oxygens (including phenoxy) is 1. The van der Waals surface area contributed by atoms with Gasteiger partial charge >= 0.3 is 0 Å². The molecule has 0 aliphatic heterocycles. The SMILES string of the molecule is C#Cc1ccccc1/C=C/OC. The Bertz CT molecular complexity index is 318. The van der Waals surface area contributed by atoms with Crippen molar-refractivity contribution in [3.8, 4) is 12.3 Å². The van der Waals surface area contributed by atoms with Crippen molar-refractivity contribution in [3.63, 3.8) is 0 Å². The van der Waals surface area contributed by atoms with Crippen LogP contribution < -0.4 is 0 Å². The molecule has 1 aromatic rings. The third-order valence-corrected chi connectivity index (χ3v) is 1.50. The van der Waals surface area contributed by atoms with Gasteiger partial charge in [0, 0.05) is 5.56 Å². The molecule has 0 heterocycles. The first-order chi connectivity index (χ1) is 5.88. The zero-order chi connectivity index (χ0) is 8.81. The molecule has 0 atom stereocenters. The monoisotopic (exact) mass is 158 g/mol. The Kier molecular flexibility index (Phi) is 2.98. The van der Waals surface area contributed by atoms with E-state index in [4.69, 9.17) is 11.2 Å². The zero-order valence-corrected chi connectivity index (χ0v) is 6.95. The van der Waals surface area contributed by atoms with Crippen molar-refractivity contribution in [1.82, 2.24) is 0 Å². The maximum Gasteiger partial charge on any atom is 0.0831 e. The lowest BCUT2D eigenvalue weighted by Gasteiger charge is -1.96. The van der Waals surface area contributed by atoms with Crippen LogP contribution >= 0.6 is 0 Å². The lowest BCUT2D eigenvalue weighted by molar-refractivity contribution is 0.341. The maximum absolute atomic E-state index is 5.30. The van der Waals surface area contributed by atoms with Crippen molar-refractivity contribution in [2.24, 2.45) is 0 Å². The Balaban J connectivity index is 2.99. The first-order valence-electron chi connectivity index (χ1n) is 3.63. The molecule has 0 saturated carbocycles.